The molecule has 0 bridgehead atoms. The lowest BCUT2D eigenvalue weighted by molar-refractivity contribution is 0.373. The Hall–Kier alpha value is -1.52. The zero-order valence-corrected chi connectivity index (χ0v) is 6.37. The molecule has 0 amide bonds. The molecule has 11 heavy (non-hydrogen) atoms. The maximum absolute atomic E-state index is 5.33. The number of rotatable bonds is 2. The van der Waals surface area contributed by atoms with Gasteiger partial charge in [0.05, 0.1) is 20.3 Å². The fraction of sp³-hybridized carbons (Fsp3) is 0.333. The first-order valence-electron chi connectivity index (χ1n) is 2.99. The van der Waals surface area contributed by atoms with E-state index in [2.05, 4.69) is 9.97 Å². The average molecular weight is 156 g/mol. The second kappa shape index (κ2) is 3.05. The van der Waals surface area contributed by atoms with Crippen LogP contribution < -0.4 is 15.2 Å². The van der Waals surface area contributed by atoms with Gasteiger partial charge in [-0.05, 0) is 0 Å². The quantitative estimate of drug-likeness (QED) is 0.614. The van der Waals surface area contributed by atoms with Crippen LogP contribution in [0.4, 0.5) is 5.95 Å². The van der Waals surface area contributed by atoms with Crippen molar-refractivity contribution in [3.05, 3.63) is 6.07 Å². The van der Waals surface area contributed by atoms with E-state index < -0.39 is 0 Å². The lowest BCUT2D eigenvalue weighted by Crippen LogP contribution is -1.99. The maximum Gasteiger partial charge on any atom is 0.226 e. The average Bonchev–Trinajstić information content (AvgIpc) is 2.03. The van der Waals surface area contributed by atoms with Gasteiger partial charge in [-0.1, -0.05) is 0 Å². The molecule has 1 aromatic heterocycles. The molecule has 0 aliphatic heterocycles. The molecular formula is C6H9N3O2. The SMILES string of the molecule is COc1cc(OC)nc([15NH2])n1. The van der Waals surface area contributed by atoms with Crippen LogP contribution in [0.5, 0.6) is 11.8 Å². The summed E-state index contributed by atoms with van der Waals surface area (Å²) in [5.74, 6) is 0.935. The topological polar surface area (TPSA) is 70.3 Å². The number of nitrogens with two attached hydrogens (primary N) is 1. The van der Waals surface area contributed by atoms with Crippen molar-refractivity contribution < 1.29 is 9.47 Å². The third-order valence-corrected chi connectivity index (χ3v) is 1.11. The molecule has 0 aliphatic carbocycles. The first kappa shape index (κ1) is 7.59. The Kier molecular flexibility index (Phi) is 2.10. The molecule has 1 aromatic rings. The van der Waals surface area contributed by atoms with Gasteiger partial charge in [0.15, 0.2) is 0 Å². The van der Waals surface area contributed by atoms with E-state index >= 15 is 0 Å². The molecule has 5 nitrogen and oxygen atoms in total. The van der Waals surface area contributed by atoms with Crippen molar-refractivity contribution in [1.29, 1.82) is 0 Å². The molecular weight excluding hydrogens is 147 g/mol. The molecule has 0 unspecified atom stereocenters. The monoisotopic (exact) mass is 156 g/mol. The van der Waals surface area contributed by atoms with Gasteiger partial charge in [0.1, 0.15) is 0 Å². The Morgan fingerprint density at radius 3 is 2.00 bits per heavy atom. The third kappa shape index (κ3) is 1.70. The van der Waals surface area contributed by atoms with Crippen LogP contribution in [-0.2, 0) is 0 Å². The zero-order chi connectivity index (χ0) is 8.27. The molecule has 0 spiro atoms. The van der Waals surface area contributed by atoms with Crippen molar-refractivity contribution in [3.63, 3.8) is 0 Å². The normalized spacial score (nSPS) is 9.27. The summed E-state index contributed by atoms with van der Waals surface area (Å²) in [7, 11) is 3.00. The Bertz CT molecular complexity index is 229. The highest BCUT2D eigenvalue weighted by molar-refractivity contribution is 5.29. The summed E-state index contributed by atoms with van der Waals surface area (Å²) in [6.07, 6.45) is 0. The van der Waals surface area contributed by atoms with Crippen LogP contribution in [0.15, 0.2) is 6.07 Å². The highest BCUT2D eigenvalue weighted by atomic mass is 16.5. The van der Waals surface area contributed by atoms with Gasteiger partial charge in [-0.2, -0.15) is 9.97 Å². The van der Waals surface area contributed by atoms with Crippen molar-refractivity contribution in [3.8, 4) is 11.8 Å². The zero-order valence-electron chi connectivity index (χ0n) is 6.37. The van der Waals surface area contributed by atoms with Gasteiger partial charge in [0.2, 0.25) is 17.7 Å². The van der Waals surface area contributed by atoms with E-state index in [9.17, 15) is 0 Å². The van der Waals surface area contributed by atoms with E-state index in [0.717, 1.165) is 0 Å². The van der Waals surface area contributed by atoms with E-state index in [4.69, 9.17) is 15.2 Å². The van der Waals surface area contributed by atoms with Gasteiger partial charge in [-0.15, -0.1) is 0 Å². The van der Waals surface area contributed by atoms with Gasteiger partial charge in [-0.3, -0.25) is 0 Å². The number of nitrogen functional groups attached to an aromatic ring is 1. The molecule has 0 saturated heterocycles. The van der Waals surface area contributed by atoms with Crippen LogP contribution >= 0.6 is 0 Å². The largest absolute Gasteiger partial charge is 0.481 e. The molecule has 0 radical (unpaired) electrons. The number of anilines is 1. The first-order valence-corrected chi connectivity index (χ1v) is 2.99. The standard InChI is InChI=1S/C6H9N3O2/c1-10-4-3-5(11-2)9-6(7)8-4/h3H,1-2H3,(H2,7,8,9)/i7+1. The number of aromatic nitrogens is 2. The van der Waals surface area contributed by atoms with E-state index in [-0.39, 0.29) is 5.95 Å². The highest BCUT2D eigenvalue weighted by Gasteiger charge is 2.00. The minimum Gasteiger partial charge on any atom is -0.481 e. The van der Waals surface area contributed by atoms with E-state index in [1.807, 2.05) is 0 Å². The van der Waals surface area contributed by atoms with Crippen molar-refractivity contribution in [2.45, 2.75) is 0 Å². The summed E-state index contributed by atoms with van der Waals surface area (Å²) in [5, 5.41) is 0. The lowest BCUT2D eigenvalue weighted by atomic mass is 10.6. The van der Waals surface area contributed by atoms with Crippen LogP contribution in [0, 0.1) is 0 Å². The minimum atomic E-state index is 0.140. The molecule has 1 heterocycles. The van der Waals surface area contributed by atoms with Crippen molar-refractivity contribution in [1.82, 2.24) is 9.97 Å². The van der Waals surface area contributed by atoms with Crippen LogP contribution in [0.1, 0.15) is 0 Å². The van der Waals surface area contributed by atoms with E-state index in [1.54, 1.807) is 6.07 Å². The molecule has 60 valence electrons. The molecule has 0 saturated carbocycles. The fourth-order valence-corrected chi connectivity index (χ4v) is 0.630. The van der Waals surface area contributed by atoms with Crippen LogP contribution in [-0.4, -0.2) is 24.2 Å². The summed E-state index contributed by atoms with van der Waals surface area (Å²) in [6.45, 7) is 0. The number of hydrogen-bond donors (Lipinski definition) is 1. The smallest absolute Gasteiger partial charge is 0.226 e. The molecule has 0 aliphatic rings. The van der Waals surface area contributed by atoms with E-state index in [0.29, 0.717) is 11.8 Å². The van der Waals surface area contributed by atoms with Crippen molar-refractivity contribution in [2.75, 3.05) is 20.0 Å². The van der Waals surface area contributed by atoms with Crippen LogP contribution in [0.25, 0.3) is 0 Å². The van der Waals surface area contributed by atoms with Crippen LogP contribution in [0.3, 0.4) is 0 Å². The molecule has 1 rings (SSSR count). The van der Waals surface area contributed by atoms with Crippen LogP contribution in [0.2, 0.25) is 0 Å². The second-order valence-corrected chi connectivity index (χ2v) is 1.81. The fourth-order valence-electron chi connectivity index (χ4n) is 0.630. The minimum absolute atomic E-state index is 0.140. The summed E-state index contributed by atoms with van der Waals surface area (Å²) in [6, 6.07) is 1.55. The molecule has 0 aromatic carbocycles. The predicted octanol–water partition coefficient (Wildman–Crippen LogP) is 0.0760. The lowest BCUT2D eigenvalue weighted by Gasteiger charge is -2.01. The first-order chi connectivity index (χ1) is 5.26. The summed E-state index contributed by atoms with van der Waals surface area (Å²) in [5.41, 5.74) is 5.33. The van der Waals surface area contributed by atoms with Gasteiger partial charge >= 0.3 is 0 Å². The maximum atomic E-state index is 5.33. The second-order valence-electron chi connectivity index (χ2n) is 1.81. The van der Waals surface area contributed by atoms with E-state index in [1.165, 1.54) is 14.2 Å². The van der Waals surface area contributed by atoms with Crippen molar-refractivity contribution in [2.24, 2.45) is 0 Å². The third-order valence-electron chi connectivity index (χ3n) is 1.11. The summed E-state index contributed by atoms with van der Waals surface area (Å²) in [4.78, 5) is 7.53. The molecule has 2 N–H and O–H groups in total. The Labute approximate surface area is 64.2 Å². The Balaban J connectivity index is 3.02. The highest BCUT2D eigenvalue weighted by Crippen LogP contribution is 2.14. The van der Waals surface area contributed by atoms with Crippen molar-refractivity contribution >= 4 is 5.95 Å². The Morgan fingerprint density at radius 2 is 1.64 bits per heavy atom. The number of methoxy groups -OCH3 is 2. The molecule has 5 heteroatoms. The van der Waals surface area contributed by atoms with Gasteiger partial charge < -0.3 is 15.2 Å². The number of ether oxygens (including phenoxy) is 2. The number of hydrogen-bond acceptors (Lipinski definition) is 5. The summed E-state index contributed by atoms with van der Waals surface area (Å²) >= 11 is 0. The Morgan fingerprint density at radius 1 is 1.18 bits per heavy atom. The van der Waals surface area contributed by atoms with Gasteiger partial charge in [0.25, 0.3) is 0 Å². The molecule has 0 atom stereocenters. The van der Waals surface area contributed by atoms with Gasteiger partial charge in [-0.25, -0.2) is 0 Å². The predicted molar refractivity (Wildman–Crippen MR) is 39.5 cm³/mol. The van der Waals surface area contributed by atoms with Gasteiger partial charge in [0, 0.05) is 0 Å². The molecule has 0 fully saturated rings. The number of nitrogens with zero attached hydrogens (tertiary/aromatic N) is 2. The summed E-state index contributed by atoms with van der Waals surface area (Å²) < 4.78 is 9.65.